The van der Waals surface area contributed by atoms with Crippen molar-refractivity contribution in [3.8, 4) is 0 Å². The Bertz CT molecular complexity index is 271. The average Bonchev–Trinajstić information content (AvgIpc) is 2.58. The van der Waals surface area contributed by atoms with Gasteiger partial charge >= 0.3 is 0 Å². The summed E-state index contributed by atoms with van der Waals surface area (Å²) in [5.41, 5.74) is 0.323. The van der Waals surface area contributed by atoms with Crippen molar-refractivity contribution < 1.29 is 4.79 Å². The lowest BCUT2D eigenvalue weighted by Crippen LogP contribution is -2.44. The molecular formula is C13H24N2O. The largest absolute Gasteiger partial charge is 0.342 e. The first kappa shape index (κ1) is 11.9. The predicted octanol–water partition coefficient (Wildman–Crippen LogP) is 1.49. The quantitative estimate of drug-likeness (QED) is 0.732. The van der Waals surface area contributed by atoms with Crippen LogP contribution in [0.15, 0.2) is 0 Å². The smallest absolute Gasteiger partial charge is 0.226 e. The van der Waals surface area contributed by atoms with Crippen molar-refractivity contribution in [3.05, 3.63) is 0 Å². The molecule has 1 N–H and O–H groups in total. The second kappa shape index (κ2) is 4.36. The van der Waals surface area contributed by atoms with Crippen molar-refractivity contribution in [1.29, 1.82) is 0 Å². The van der Waals surface area contributed by atoms with Crippen LogP contribution in [0.2, 0.25) is 0 Å². The molecule has 16 heavy (non-hydrogen) atoms. The minimum absolute atomic E-state index is 0.220. The standard InChI is InChI=1S/C13H24N2O/c1-10-6-11(8-14-7-10)12(16)15-5-4-13(2,3)9-15/h10-11,14H,4-9H2,1-3H3. The molecule has 2 atom stereocenters. The van der Waals surface area contributed by atoms with Gasteiger partial charge in [0.1, 0.15) is 0 Å². The Morgan fingerprint density at radius 3 is 2.69 bits per heavy atom. The number of likely N-dealkylation sites (tertiary alicyclic amines) is 1. The third kappa shape index (κ3) is 2.57. The van der Waals surface area contributed by atoms with E-state index in [0.29, 0.717) is 17.2 Å². The molecule has 2 saturated heterocycles. The molecule has 0 aromatic carbocycles. The molecule has 3 heteroatoms. The van der Waals surface area contributed by atoms with Gasteiger partial charge in [-0.3, -0.25) is 4.79 Å². The van der Waals surface area contributed by atoms with Crippen molar-refractivity contribution in [2.24, 2.45) is 17.3 Å². The first-order valence-electron chi connectivity index (χ1n) is 6.47. The van der Waals surface area contributed by atoms with Gasteiger partial charge in [-0.1, -0.05) is 20.8 Å². The average molecular weight is 224 g/mol. The Morgan fingerprint density at radius 1 is 1.38 bits per heavy atom. The molecular weight excluding hydrogens is 200 g/mol. The van der Waals surface area contributed by atoms with Gasteiger partial charge in [-0.15, -0.1) is 0 Å². The molecule has 2 aliphatic rings. The van der Waals surface area contributed by atoms with Crippen molar-refractivity contribution in [2.75, 3.05) is 26.2 Å². The molecule has 2 aliphatic heterocycles. The third-order valence-corrected chi connectivity index (χ3v) is 3.91. The van der Waals surface area contributed by atoms with Gasteiger partial charge < -0.3 is 10.2 Å². The summed E-state index contributed by atoms with van der Waals surface area (Å²) < 4.78 is 0. The van der Waals surface area contributed by atoms with Gasteiger partial charge in [0.2, 0.25) is 5.91 Å². The van der Waals surface area contributed by atoms with Crippen LogP contribution < -0.4 is 5.32 Å². The van der Waals surface area contributed by atoms with Crippen LogP contribution >= 0.6 is 0 Å². The summed E-state index contributed by atoms with van der Waals surface area (Å²) in [6.45, 7) is 10.6. The van der Waals surface area contributed by atoms with Crippen molar-refractivity contribution in [2.45, 2.75) is 33.6 Å². The van der Waals surface area contributed by atoms with E-state index >= 15 is 0 Å². The lowest BCUT2D eigenvalue weighted by Gasteiger charge is -2.30. The fourth-order valence-electron chi connectivity index (χ4n) is 2.90. The van der Waals surface area contributed by atoms with Crippen LogP contribution in [0.4, 0.5) is 0 Å². The monoisotopic (exact) mass is 224 g/mol. The summed E-state index contributed by atoms with van der Waals surface area (Å²) in [4.78, 5) is 14.4. The minimum atomic E-state index is 0.220. The Labute approximate surface area is 98.6 Å². The van der Waals surface area contributed by atoms with E-state index < -0.39 is 0 Å². The van der Waals surface area contributed by atoms with E-state index in [2.05, 4.69) is 31.0 Å². The molecule has 2 rings (SSSR count). The third-order valence-electron chi connectivity index (χ3n) is 3.91. The summed E-state index contributed by atoms with van der Waals surface area (Å²) in [5.74, 6) is 1.24. The van der Waals surface area contributed by atoms with E-state index in [4.69, 9.17) is 0 Å². The van der Waals surface area contributed by atoms with E-state index in [1.54, 1.807) is 0 Å². The summed E-state index contributed by atoms with van der Waals surface area (Å²) in [5, 5.41) is 3.36. The molecule has 0 saturated carbocycles. The molecule has 0 bridgehead atoms. The molecule has 0 radical (unpaired) electrons. The van der Waals surface area contributed by atoms with Crippen LogP contribution in [0, 0.1) is 17.3 Å². The number of piperidine rings is 1. The molecule has 0 aromatic rings. The highest BCUT2D eigenvalue weighted by Gasteiger charge is 2.36. The number of nitrogens with zero attached hydrogens (tertiary/aromatic N) is 1. The Morgan fingerprint density at radius 2 is 2.12 bits per heavy atom. The molecule has 2 fully saturated rings. The Balaban J connectivity index is 1.92. The lowest BCUT2D eigenvalue weighted by molar-refractivity contribution is -0.135. The number of nitrogens with one attached hydrogen (secondary N) is 1. The van der Waals surface area contributed by atoms with Gasteiger partial charge in [-0.05, 0) is 30.7 Å². The van der Waals surface area contributed by atoms with E-state index in [-0.39, 0.29) is 5.92 Å². The van der Waals surface area contributed by atoms with E-state index in [1.807, 2.05) is 0 Å². The van der Waals surface area contributed by atoms with Crippen LogP contribution in [0.1, 0.15) is 33.6 Å². The summed E-state index contributed by atoms with van der Waals surface area (Å²) in [7, 11) is 0. The molecule has 3 nitrogen and oxygen atoms in total. The van der Waals surface area contributed by atoms with Crippen LogP contribution in [0.5, 0.6) is 0 Å². The van der Waals surface area contributed by atoms with E-state index in [0.717, 1.165) is 39.0 Å². The van der Waals surface area contributed by atoms with Crippen LogP contribution in [0.25, 0.3) is 0 Å². The molecule has 0 aliphatic carbocycles. The van der Waals surface area contributed by atoms with Crippen molar-refractivity contribution >= 4 is 5.91 Å². The maximum atomic E-state index is 12.3. The van der Waals surface area contributed by atoms with Crippen molar-refractivity contribution in [1.82, 2.24) is 10.2 Å². The molecule has 0 aromatic heterocycles. The van der Waals surface area contributed by atoms with Gasteiger partial charge in [0, 0.05) is 19.6 Å². The first-order chi connectivity index (χ1) is 7.48. The van der Waals surface area contributed by atoms with Crippen LogP contribution in [-0.2, 0) is 4.79 Å². The van der Waals surface area contributed by atoms with E-state index in [1.165, 1.54) is 0 Å². The zero-order valence-corrected chi connectivity index (χ0v) is 10.8. The first-order valence-corrected chi connectivity index (χ1v) is 6.47. The highest BCUT2D eigenvalue weighted by Crippen LogP contribution is 2.30. The highest BCUT2D eigenvalue weighted by atomic mass is 16.2. The fraction of sp³-hybridized carbons (Fsp3) is 0.923. The lowest BCUT2D eigenvalue weighted by atomic mass is 9.90. The number of carbonyl (C=O) groups is 1. The number of hydrogen-bond acceptors (Lipinski definition) is 2. The number of hydrogen-bond donors (Lipinski definition) is 1. The molecule has 1 amide bonds. The second-order valence-electron chi connectivity index (χ2n) is 6.37. The molecule has 92 valence electrons. The molecule has 2 heterocycles. The summed E-state index contributed by atoms with van der Waals surface area (Å²) >= 11 is 0. The van der Waals surface area contributed by atoms with Crippen LogP contribution in [-0.4, -0.2) is 37.0 Å². The van der Waals surface area contributed by atoms with Crippen LogP contribution in [0.3, 0.4) is 0 Å². The predicted molar refractivity (Wildman–Crippen MR) is 65.1 cm³/mol. The fourth-order valence-corrected chi connectivity index (χ4v) is 2.90. The zero-order valence-electron chi connectivity index (χ0n) is 10.8. The summed E-state index contributed by atoms with van der Waals surface area (Å²) in [6.07, 6.45) is 2.21. The van der Waals surface area contributed by atoms with Gasteiger partial charge in [0.05, 0.1) is 5.92 Å². The number of amides is 1. The van der Waals surface area contributed by atoms with Gasteiger partial charge in [-0.2, -0.15) is 0 Å². The van der Waals surface area contributed by atoms with Gasteiger partial charge in [-0.25, -0.2) is 0 Å². The number of carbonyl (C=O) groups excluding carboxylic acids is 1. The second-order valence-corrected chi connectivity index (χ2v) is 6.37. The Hall–Kier alpha value is -0.570. The van der Waals surface area contributed by atoms with E-state index in [9.17, 15) is 4.79 Å². The minimum Gasteiger partial charge on any atom is -0.342 e. The normalized spacial score (nSPS) is 34.1. The molecule has 2 unspecified atom stereocenters. The van der Waals surface area contributed by atoms with Gasteiger partial charge in [0.25, 0.3) is 0 Å². The Kier molecular flexibility index (Phi) is 3.24. The molecule has 0 spiro atoms. The maximum absolute atomic E-state index is 12.3. The summed E-state index contributed by atoms with van der Waals surface area (Å²) in [6, 6.07) is 0. The number of rotatable bonds is 1. The topological polar surface area (TPSA) is 32.3 Å². The van der Waals surface area contributed by atoms with Crippen molar-refractivity contribution in [3.63, 3.8) is 0 Å². The zero-order chi connectivity index (χ0) is 11.8. The highest BCUT2D eigenvalue weighted by molar-refractivity contribution is 5.79. The SMILES string of the molecule is CC1CNCC(C(=O)N2CCC(C)(C)C2)C1. The maximum Gasteiger partial charge on any atom is 0.226 e. The van der Waals surface area contributed by atoms with Gasteiger partial charge in [0.15, 0.2) is 0 Å².